The first-order valence-electron chi connectivity index (χ1n) is 5.95. The first-order valence-corrected chi connectivity index (χ1v) is 7.12. The zero-order valence-corrected chi connectivity index (χ0v) is 12.4. The summed E-state index contributed by atoms with van der Waals surface area (Å²) in [4.78, 5) is 23.5. The van der Waals surface area contributed by atoms with E-state index >= 15 is 0 Å². The van der Waals surface area contributed by atoms with Crippen LogP contribution in [0.15, 0.2) is 22.7 Å². The third-order valence-corrected chi connectivity index (χ3v) is 4.02. The van der Waals surface area contributed by atoms with Crippen molar-refractivity contribution < 1.29 is 14.7 Å². The summed E-state index contributed by atoms with van der Waals surface area (Å²) in [6.07, 6.45) is 2.56. The lowest BCUT2D eigenvalue weighted by Gasteiger charge is -2.25. The van der Waals surface area contributed by atoms with E-state index in [0.29, 0.717) is 27.9 Å². The number of amides is 1. The molecule has 19 heavy (non-hydrogen) atoms. The van der Waals surface area contributed by atoms with Gasteiger partial charge in [-0.1, -0.05) is 40.4 Å². The van der Waals surface area contributed by atoms with Crippen LogP contribution in [0.5, 0.6) is 0 Å². The molecule has 2 rings (SSSR count). The number of carbonyl (C=O) groups excluding carboxylic acids is 1. The van der Waals surface area contributed by atoms with Gasteiger partial charge in [-0.05, 0) is 31.0 Å². The van der Waals surface area contributed by atoms with Gasteiger partial charge in [0.2, 0.25) is 0 Å². The molecule has 0 atom stereocenters. The van der Waals surface area contributed by atoms with Crippen LogP contribution in [0.25, 0.3) is 0 Å². The second-order valence-corrected chi connectivity index (χ2v) is 6.06. The molecule has 1 aliphatic rings. The van der Waals surface area contributed by atoms with E-state index in [0.717, 1.165) is 12.8 Å². The maximum atomic E-state index is 12.2. The highest BCUT2D eigenvalue weighted by molar-refractivity contribution is 9.10. The molecule has 2 N–H and O–H groups in total. The Morgan fingerprint density at radius 3 is 2.42 bits per heavy atom. The maximum Gasteiger partial charge on any atom is 0.329 e. The summed E-state index contributed by atoms with van der Waals surface area (Å²) in [5.41, 5.74) is -0.779. The third kappa shape index (κ3) is 3.09. The summed E-state index contributed by atoms with van der Waals surface area (Å²) in [7, 11) is 0. The number of halogens is 2. The van der Waals surface area contributed by atoms with Crippen LogP contribution < -0.4 is 5.32 Å². The molecule has 0 radical (unpaired) electrons. The molecular formula is C13H13BrClNO3. The Hall–Kier alpha value is -1.07. The van der Waals surface area contributed by atoms with Crippen molar-refractivity contribution in [3.8, 4) is 0 Å². The molecule has 1 aliphatic carbocycles. The van der Waals surface area contributed by atoms with Crippen LogP contribution >= 0.6 is 27.5 Å². The smallest absolute Gasteiger partial charge is 0.329 e. The van der Waals surface area contributed by atoms with Gasteiger partial charge >= 0.3 is 5.97 Å². The number of rotatable bonds is 3. The summed E-state index contributed by atoms with van der Waals surface area (Å²) >= 11 is 9.14. The Labute approximate surface area is 124 Å². The third-order valence-electron chi connectivity index (χ3n) is 3.34. The lowest BCUT2D eigenvalue weighted by atomic mass is 9.97. The fourth-order valence-corrected chi connectivity index (χ4v) is 3.21. The van der Waals surface area contributed by atoms with Crippen molar-refractivity contribution in [3.63, 3.8) is 0 Å². The predicted molar refractivity (Wildman–Crippen MR) is 75.5 cm³/mol. The van der Waals surface area contributed by atoms with Crippen LogP contribution in [0.2, 0.25) is 5.02 Å². The molecule has 1 aromatic carbocycles. The minimum absolute atomic E-state index is 0.354. The molecule has 0 aromatic heterocycles. The number of carboxylic acids is 1. The summed E-state index contributed by atoms with van der Waals surface area (Å²) in [5.74, 6) is -1.38. The van der Waals surface area contributed by atoms with Crippen molar-refractivity contribution in [2.24, 2.45) is 0 Å². The van der Waals surface area contributed by atoms with Crippen LogP contribution in [0.4, 0.5) is 0 Å². The minimum atomic E-state index is -1.13. The number of hydrogen-bond acceptors (Lipinski definition) is 2. The van der Waals surface area contributed by atoms with Gasteiger partial charge in [-0.15, -0.1) is 0 Å². The average Bonchev–Trinajstić information content (AvgIpc) is 2.77. The summed E-state index contributed by atoms with van der Waals surface area (Å²) in [6, 6.07) is 4.80. The number of carboxylic acid groups (broad SMARTS) is 1. The summed E-state index contributed by atoms with van der Waals surface area (Å²) in [6.45, 7) is 0. The standard InChI is InChI=1S/C13H13BrClNO3/c14-9-5-8(6-10(15)7-9)11(17)16-13(12(18)19)3-1-2-4-13/h5-7H,1-4H2,(H,16,17)(H,18,19). The van der Waals surface area contributed by atoms with E-state index in [1.54, 1.807) is 12.1 Å². The van der Waals surface area contributed by atoms with Crippen molar-refractivity contribution in [2.75, 3.05) is 0 Å². The van der Waals surface area contributed by atoms with Crippen molar-refractivity contribution >= 4 is 39.4 Å². The number of carbonyl (C=O) groups is 2. The van der Waals surface area contributed by atoms with E-state index in [2.05, 4.69) is 21.2 Å². The molecule has 0 bridgehead atoms. The Bertz CT molecular complexity index is 506. The van der Waals surface area contributed by atoms with E-state index in [-0.39, 0.29) is 0 Å². The molecule has 102 valence electrons. The number of nitrogens with one attached hydrogen (secondary N) is 1. The highest BCUT2D eigenvalue weighted by atomic mass is 79.9. The number of hydrogen-bond donors (Lipinski definition) is 2. The van der Waals surface area contributed by atoms with Crippen LogP contribution in [0.3, 0.4) is 0 Å². The molecule has 1 aromatic rings. The van der Waals surface area contributed by atoms with Gasteiger partial charge in [-0.3, -0.25) is 4.79 Å². The van der Waals surface area contributed by atoms with Crippen LogP contribution in [-0.2, 0) is 4.79 Å². The first kappa shape index (κ1) is 14.3. The molecule has 1 fully saturated rings. The second kappa shape index (κ2) is 5.51. The molecule has 0 aliphatic heterocycles. The Morgan fingerprint density at radius 2 is 1.89 bits per heavy atom. The van der Waals surface area contributed by atoms with E-state index in [9.17, 15) is 14.7 Å². The number of benzene rings is 1. The van der Waals surface area contributed by atoms with Gasteiger partial charge in [0.1, 0.15) is 5.54 Å². The van der Waals surface area contributed by atoms with Crippen molar-refractivity contribution in [1.82, 2.24) is 5.32 Å². The maximum absolute atomic E-state index is 12.2. The predicted octanol–water partition coefficient (Wildman–Crippen LogP) is 3.23. The lowest BCUT2D eigenvalue weighted by Crippen LogP contribution is -2.52. The van der Waals surface area contributed by atoms with Crippen LogP contribution in [0.1, 0.15) is 36.0 Å². The molecule has 0 heterocycles. The molecule has 1 saturated carbocycles. The molecule has 6 heteroatoms. The van der Waals surface area contributed by atoms with E-state index < -0.39 is 17.4 Å². The van der Waals surface area contributed by atoms with E-state index in [1.165, 1.54) is 6.07 Å². The molecule has 0 unspecified atom stereocenters. The van der Waals surface area contributed by atoms with E-state index in [4.69, 9.17) is 11.6 Å². The fraction of sp³-hybridized carbons (Fsp3) is 0.385. The van der Waals surface area contributed by atoms with Gasteiger partial charge in [0, 0.05) is 15.1 Å². The molecule has 0 spiro atoms. The first-order chi connectivity index (χ1) is 8.93. The lowest BCUT2D eigenvalue weighted by molar-refractivity contribution is -0.144. The Balaban J connectivity index is 2.22. The summed E-state index contributed by atoms with van der Waals surface area (Å²) < 4.78 is 0.681. The Morgan fingerprint density at radius 1 is 1.26 bits per heavy atom. The van der Waals surface area contributed by atoms with Gasteiger partial charge in [0.25, 0.3) is 5.91 Å². The SMILES string of the molecule is O=C(NC1(C(=O)O)CCCC1)c1cc(Cl)cc(Br)c1. The topological polar surface area (TPSA) is 66.4 Å². The average molecular weight is 347 g/mol. The quantitative estimate of drug-likeness (QED) is 0.883. The Kier molecular flexibility index (Phi) is 4.16. The van der Waals surface area contributed by atoms with Gasteiger partial charge < -0.3 is 10.4 Å². The van der Waals surface area contributed by atoms with Crippen LogP contribution in [-0.4, -0.2) is 22.5 Å². The summed E-state index contributed by atoms with van der Waals surface area (Å²) in [5, 5.41) is 12.4. The fourth-order valence-electron chi connectivity index (χ4n) is 2.35. The zero-order chi connectivity index (χ0) is 14.0. The second-order valence-electron chi connectivity index (χ2n) is 4.71. The van der Waals surface area contributed by atoms with Gasteiger partial charge in [-0.2, -0.15) is 0 Å². The monoisotopic (exact) mass is 345 g/mol. The van der Waals surface area contributed by atoms with Crippen LogP contribution in [0, 0.1) is 0 Å². The zero-order valence-electron chi connectivity index (χ0n) is 10.1. The normalized spacial score (nSPS) is 17.2. The molecular weight excluding hydrogens is 334 g/mol. The van der Waals surface area contributed by atoms with Crippen molar-refractivity contribution in [3.05, 3.63) is 33.3 Å². The highest BCUT2D eigenvalue weighted by Crippen LogP contribution is 2.30. The van der Waals surface area contributed by atoms with Crippen molar-refractivity contribution in [2.45, 2.75) is 31.2 Å². The molecule has 0 saturated heterocycles. The van der Waals surface area contributed by atoms with Gasteiger partial charge in [0.15, 0.2) is 0 Å². The van der Waals surface area contributed by atoms with E-state index in [1.807, 2.05) is 0 Å². The highest BCUT2D eigenvalue weighted by Gasteiger charge is 2.42. The van der Waals surface area contributed by atoms with Gasteiger partial charge in [-0.25, -0.2) is 4.79 Å². The molecule has 4 nitrogen and oxygen atoms in total. The molecule has 1 amide bonds. The number of aliphatic carboxylic acids is 1. The van der Waals surface area contributed by atoms with Crippen molar-refractivity contribution in [1.29, 1.82) is 0 Å². The minimum Gasteiger partial charge on any atom is -0.480 e. The van der Waals surface area contributed by atoms with Gasteiger partial charge in [0.05, 0.1) is 0 Å². The largest absolute Gasteiger partial charge is 0.480 e.